The largest absolute Gasteiger partial charge is 0.329 e. The van der Waals surface area contributed by atoms with Crippen molar-refractivity contribution in [1.29, 1.82) is 0 Å². The summed E-state index contributed by atoms with van der Waals surface area (Å²) in [5.74, 6) is 0. The van der Waals surface area contributed by atoms with E-state index in [0.29, 0.717) is 0 Å². The smallest absolute Gasteiger partial charge is 0.248 e. The van der Waals surface area contributed by atoms with Crippen molar-refractivity contribution >= 4 is 0 Å². The highest BCUT2D eigenvalue weighted by Gasteiger charge is 2.06. The fraction of sp³-hybridized carbons (Fsp3) is 0.545. The monoisotopic (exact) mass is 177 g/mol. The van der Waals surface area contributed by atoms with Crippen molar-refractivity contribution in [2.24, 2.45) is 0 Å². The number of aromatic amines is 1. The summed E-state index contributed by atoms with van der Waals surface area (Å²) >= 11 is 0. The van der Waals surface area contributed by atoms with Crippen LogP contribution < -0.4 is 5.56 Å². The lowest BCUT2D eigenvalue weighted by Crippen LogP contribution is -2.09. The molecule has 0 bridgehead atoms. The number of H-pyrrole nitrogens is 1. The number of hydrogen-bond acceptors (Lipinski definition) is 1. The second kappa shape index (κ2) is 3.77. The molecule has 70 valence electrons. The number of hydrogen-bond donors (Lipinski definition) is 1. The van der Waals surface area contributed by atoms with Crippen LogP contribution in [-0.4, -0.2) is 4.98 Å². The van der Waals surface area contributed by atoms with Gasteiger partial charge in [0, 0.05) is 12.3 Å². The highest BCUT2D eigenvalue weighted by molar-refractivity contribution is 5.23. The van der Waals surface area contributed by atoms with Crippen LogP contribution in [0.3, 0.4) is 0 Å². The van der Waals surface area contributed by atoms with E-state index in [2.05, 4.69) is 4.98 Å². The minimum Gasteiger partial charge on any atom is -0.329 e. The summed E-state index contributed by atoms with van der Waals surface area (Å²) < 4.78 is 0. The molecule has 0 saturated carbocycles. The predicted octanol–water partition coefficient (Wildman–Crippen LogP) is 2.03. The average molecular weight is 177 g/mol. The molecule has 0 fully saturated rings. The molecule has 1 aromatic rings. The van der Waals surface area contributed by atoms with Gasteiger partial charge in [0.15, 0.2) is 0 Å². The van der Waals surface area contributed by atoms with Crippen molar-refractivity contribution in [2.45, 2.75) is 38.5 Å². The number of aromatic nitrogens is 1. The van der Waals surface area contributed by atoms with E-state index in [1.807, 2.05) is 6.20 Å². The summed E-state index contributed by atoms with van der Waals surface area (Å²) in [6.07, 6.45) is 9.24. The molecule has 0 unspecified atom stereocenters. The number of rotatable bonds is 0. The van der Waals surface area contributed by atoms with Gasteiger partial charge >= 0.3 is 0 Å². The van der Waals surface area contributed by atoms with Crippen LogP contribution in [0.5, 0.6) is 0 Å². The molecule has 1 aliphatic rings. The van der Waals surface area contributed by atoms with Gasteiger partial charge in [0.2, 0.25) is 5.56 Å². The Morgan fingerprint density at radius 1 is 1.00 bits per heavy atom. The zero-order chi connectivity index (χ0) is 9.10. The summed E-state index contributed by atoms with van der Waals surface area (Å²) in [6.45, 7) is 0. The van der Waals surface area contributed by atoms with Crippen molar-refractivity contribution in [3.8, 4) is 0 Å². The van der Waals surface area contributed by atoms with Crippen molar-refractivity contribution in [1.82, 2.24) is 4.98 Å². The molecule has 2 nitrogen and oxygen atoms in total. The minimum atomic E-state index is 0.0410. The Kier molecular flexibility index (Phi) is 2.48. The van der Waals surface area contributed by atoms with E-state index in [1.54, 1.807) is 6.07 Å². The predicted molar refractivity (Wildman–Crippen MR) is 52.9 cm³/mol. The first kappa shape index (κ1) is 8.54. The molecule has 1 heterocycles. The summed E-state index contributed by atoms with van der Waals surface area (Å²) in [4.78, 5) is 13.8. The van der Waals surface area contributed by atoms with Crippen LogP contribution in [0.25, 0.3) is 0 Å². The summed E-state index contributed by atoms with van der Waals surface area (Å²) in [5, 5.41) is 0. The Balaban J connectivity index is 2.33. The van der Waals surface area contributed by atoms with Gasteiger partial charge in [0.05, 0.1) is 0 Å². The Morgan fingerprint density at radius 3 is 2.46 bits per heavy atom. The Morgan fingerprint density at radius 2 is 1.69 bits per heavy atom. The van der Waals surface area contributed by atoms with Crippen LogP contribution in [-0.2, 0) is 12.8 Å². The van der Waals surface area contributed by atoms with E-state index in [0.717, 1.165) is 12.8 Å². The van der Waals surface area contributed by atoms with Gasteiger partial charge in [0.25, 0.3) is 0 Å². The third kappa shape index (κ3) is 2.00. The van der Waals surface area contributed by atoms with Crippen LogP contribution >= 0.6 is 0 Å². The molecule has 1 N–H and O–H groups in total. The molecular formula is C11H15NO. The number of fused-ring (bicyclic) bond motifs is 1. The van der Waals surface area contributed by atoms with E-state index in [-0.39, 0.29) is 5.56 Å². The van der Waals surface area contributed by atoms with E-state index in [4.69, 9.17) is 0 Å². The van der Waals surface area contributed by atoms with Gasteiger partial charge in [0.1, 0.15) is 0 Å². The molecule has 13 heavy (non-hydrogen) atoms. The van der Waals surface area contributed by atoms with E-state index < -0.39 is 0 Å². The number of nitrogens with one attached hydrogen (secondary N) is 1. The molecular weight excluding hydrogens is 162 g/mol. The Bertz CT molecular complexity index is 340. The van der Waals surface area contributed by atoms with Gasteiger partial charge in [-0.05, 0) is 36.8 Å². The van der Waals surface area contributed by atoms with Crippen LogP contribution in [0.15, 0.2) is 17.1 Å². The molecule has 0 radical (unpaired) electrons. The van der Waals surface area contributed by atoms with Gasteiger partial charge in [-0.1, -0.05) is 12.8 Å². The van der Waals surface area contributed by atoms with Crippen molar-refractivity contribution in [3.63, 3.8) is 0 Å². The summed E-state index contributed by atoms with van der Waals surface area (Å²) in [7, 11) is 0. The van der Waals surface area contributed by atoms with Crippen LogP contribution in [0.1, 0.15) is 36.8 Å². The fourth-order valence-electron chi connectivity index (χ4n) is 1.99. The molecule has 0 amide bonds. The molecule has 0 saturated heterocycles. The summed E-state index contributed by atoms with van der Waals surface area (Å²) in [5.41, 5.74) is 2.65. The van der Waals surface area contributed by atoms with Crippen LogP contribution in [0.2, 0.25) is 0 Å². The molecule has 2 rings (SSSR count). The van der Waals surface area contributed by atoms with Crippen molar-refractivity contribution < 1.29 is 0 Å². The highest BCUT2D eigenvalue weighted by Crippen LogP contribution is 2.17. The lowest BCUT2D eigenvalue weighted by molar-refractivity contribution is 0.615. The van der Waals surface area contributed by atoms with Gasteiger partial charge in [-0.15, -0.1) is 0 Å². The molecule has 0 spiro atoms. The molecule has 0 aliphatic heterocycles. The number of pyridine rings is 1. The van der Waals surface area contributed by atoms with Gasteiger partial charge in [-0.3, -0.25) is 4.79 Å². The molecule has 2 heteroatoms. The maximum absolute atomic E-state index is 11.1. The average Bonchev–Trinajstić information content (AvgIpc) is 2.08. The second-order valence-corrected chi connectivity index (χ2v) is 3.76. The third-order valence-electron chi connectivity index (χ3n) is 2.75. The van der Waals surface area contributed by atoms with E-state index >= 15 is 0 Å². The fourth-order valence-corrected chi connectivity index (χ4v) is 1.99. The Labute approximate surface area is 78.0 Å². The van der Waals surface area contributed by atoms with Gasteiger partial charge in [-0.25, -0.2) is 0 Å². The quantitative estimate of drug-likeness (QED) is 0.646. The van der Waals surface area contributed by atoms with Gasteiger partial charge < -0.3 is 4.98 Å². The van der Waals surface area contributed by atoms with E-state index in [9.17, 15) is 4.79 Å². The van der Waals surface area contributed by atoms with E-state index in [1.165, 1.54) is 36.8 Å². The van der Waals surface area contributed by atoms with Crippen molar-refractivity contribution in [2.75, 3.05) is 0 Å². The standard InChI is InChI=1S/C11H15NO/c13-11-7-9-5-3-1-2-4-6-10(9)8-12-11/h7-8H,1-6H2,(H,12,13). The number of aryl methyl sites for hydroxylation is 2. The first-order valence-corrected chi connectivity index (χ1v) is 5.07. The zero-order valence-electron chi connectivity index (χ0n) is 7.81. The molecule has 1 aliphatic carbocycles. The molecule has 1 aromatic heterocycles. The first-order valence-electron chi connectivity index (χ1n) is 5.07. The molecule has 0 aromatic carbocycles. The van der Waals surface area contributed by atoms with Crippen LogP contribution in [0, 0.1) is 0 Å². The maximum Gasteiger partial charge on any atom is 0.248 e. The third-order valence-corrected chi connectivity index (χ3v) is 2.75. The summed E-state index contributed by atoms with van der Waals surface area (Å²) in [6, 6.07) is 1.76. The topological polar surface area (TPSA) is 32.9 Å². The lowest BCUT2D eigenvalue weighted by atomic mass is 9.95. The maximum atomic E-state index is 11.1. The first-order chi connectivity index (χ1) is 6.36. The van der Waals surface area contributed by atoms with Crippen molar-refractivity contribution in [3.05, 3.63) is 33.7 Å². The Hall–Kier alpha value is -1.05. The second-order valence-electron chi connectivity index (χ2n) is 3.76. The normalized spacial score (nSPS) is 17.2. The zero-order valence-corrected chi connectivity index (χ0v) is 7.81. The van der Waals surface area contributed by atoms with Crippen LogP contribution in [0.4, 0.5) is 0 Å². The SMILES string of the molecule is O=c1cc2c(c[nH]1)CCCCCC2. The highest BCUT2D eigenvalue weighted by atomic mass is 16.1. The lowest BCUT2D eigenvalue weighted by Gasteiger charge is -2.12. The van der Waals surface area contributed by atoms with Gasteiger partial charge in [-0.2, -0.15) is 0 Å². The minimum absolute atomic E-state index is 0.0410. The molecule has 0 atom stereocenters.